The number of benzene rings is 1. The van der Waals surface area contributed by atoms with E-state index in [1.807, 2.05) is 19.9 Å². The van der Waals surface area contributed by atoms with E-state index in [0.29, 0.717) is 16.0 Å². The highest BCUT2D eigenvalue weighted by Gasteiger charge is 2.10. The van der Waals surface area contributed by atoms with Crippen LogP contribution in [0.5, 0.6) is 0 Å². The molecule has 1 aromatic heterocycles. The molecule has 4 heteroatoms. The van der Waals surface area contributed by atoms with Crippen LogP contribution in [0.15, 0.2) is 35.1 Å². The SMILES string of the molecule is CC(C)c1cc(-c2ccccc2F)nc(Br)n1. The molecule has 0 fully saturated rings. The van der Waals surface area contributed by atoms with Crippen LogP contribution in [-0.2, 0) is 0 Å². The van der Waals surface area contributed by atoms with E-state index in [9.17, 15) is 4.39 Å². The first-order valence-corrected chi connectivity index (χ1v) is 6.16. The fourth-order valence-corrected chi connectivity index (χ4v) is 1.93. The van der Waals surface area contributed by atoms with Crippen LogP contribution in [0.4, 0.5) is 4.39 Å². The van der Waals surface area contributed by atoms with E-state index in [1.165, 1.54) is 6.07 Å². The first-order valence-electron chi connectivity index (χ1n) is 5.37. The number of rotatable bonds is 2. The van der Waals surface area contributed by atoms with E-state index >= 15 is 0 Å². The molecule has 1 aromatic carbocycles. The molecule has 0 radical (unpaired) electrons. The third kappa shape index (κ3) is 2.69. The molecule has 0 bridgehead atoms. The van der Waals surface area contributed by atoms with E-state index in [0.717, 1.165) is 5.69 Å². The Kier molecular flexibility index (Phi) is 3.52. The number of halogens is 2. The zero-order valence-corrected chi connectivity index (χ0v) is 11.2. The van der Waals surface area contributed by atoms with Crippen LogP contribution >= 0.6 is 15.9 Å². The lowest BCUT2D eigenvalue weighted by molar-refractivity contribution is 0.630. The van der Waals surface area contributed by atoms with Crippen LogP contribution in [0, 0.1) is 5.82 Å². The summed E-state index contributed by atoms with van der Waals surface area (Å²) in [6, 6.07) is 8.43. The maximum Gasteiger partial charge on any atom is 0.197 e. The van der Waals surface area contributed by atoms with Crippen molar-refractivity contribution in [2.45, 2.75) is 19.8 Å². The summed E-state index contributed by atoms with van der Waals surface area (Å²) in [7, 11) is 0. The van der Waals surface area contributed by atoms with Crippen molar-refractivity contribution in [3.8, 4) is 11.3 Å². The van der Waals surface area contributed by atoms with Gasteiger partial charge in [-0.25, -0.2) is 14.4 Å². The Morgan fingerprint density at radius 2 is 1.88 bits per heavy atom. The lowest BCUT2D eigenvalue weighted by Crippen LogP contribution is -1.98. The normalized spacial score (nSPS) is 10.9. The van der Waals surface area contributed by atoms with Crippen LogP contribution < -0.4 is 0 Å². The Morgan fingerprint density at radius 1 is 1.18 bits per heavy atom. The second-order valence-corrected chi connectivity index (χ2v) is 4.79. The molecule has 0 aliphatic heterocycles. The largest absolute Gasteiger partial charge is 0.227 e. The minimum absolute atomic E-state index is 0.271. The number of nitrogens with zero attached hydrogens (tertiary/aromatic N) is 2. The fraction of sp³-hybridized carbons (Fsp3) is 0.231. The van der Waals surface area contributed by atoms with Gasteiger partial charge in [0, 0.05) is 11.3 Å². The highest BCUT2D eigenvalue weighted by molar-refractivity contribution is 9.10. The van der Waals surface area contributed by atoms with Gasteiger partial charge >= 0.3 is 0 Å². The zero-order chi connectivity index (χ0) is 12.4. The molecule has 0 spiro atoms. The Balaban J connectivity index is 2.56. The summed E-state index contributed by atoms with van der Waals surface area (Å²) in [5, 5.41) is 0. The van der Waals surface area contributed by atoms with Crippen molar-refractivity contribution >= 4 is 15.9 Å². The van der Waals surface area contributed by atoms with Gasteiger partial charge in [-0.2, -0.15) is 0 Å². The molecule has 17 heavy (non-hydrogen) atoms. The van der Waals surface area contributed by atoms with Gasteiger partial charge in [0.15, 0.2) is 4.73 Å². The third-order valence-electron chi connectivity index (χ3n) is 2.46. The van der Waals surface area contributed by atoms with Gasteiger partial charge in [-0.1, -0.05) is 26.0 Å². The van der Waals surface area contributed by atoms with Crippen molar-refractivity contribution in [2.75, 3.05) is 0 Å². The van der Waals surface area contributed by atoms with Crippen molar-refractivity contribution in [1.29, 1.82) is 0 Å². The van der Waals surface area contributed by atoms with E-state index in [1.54, 1.807) is 18.2 Å². The highest BCUT2D eigenvalue weighted by atomic mass is 79.9. The average molecular weight is 295 g/mol. The molecule has 0 aliphatic carbocycles. The average Bonchev–Trinajstić information content (AvgIpc) is 2.28. The molecule has 2 aromatic rings. The van der Waals surface area contributed by atoms with Crippen LogP contribution in [-0.4, -0.2) is 9.97 Å². The molecule has 0 saturated heterocycles. The van der Waals surface area contributed by atoms with Gasteiger partial charge in [0.1, 0.15) is 5.82 Å². The standard InChI is InChI=1S/C13H12BrFN2/c1-8(2)11-7-12(17-13(14)16-11)9-5-3-4-6-10(9)15/h3-8H,1-2H3. The smallest absolute Gasteiger partial charge is 0.197 e. The zero-order valence-electron chi connectivity index (χ0n) is 9.61. The van der Waals surface area contributed by atoms with Crippen molar-refractivity contribution in [3.05, 3.63) is 46.6 Å². The first-order chi connectivity index (χ1) is 8.08. The summed E-state index contributed by atoms with van der Waals surface area (Å²) in [5.74, 6) is 0.00706. The molecule has 1 heterocycles. The number of hydrogen-bond acceptors (Lipinski definition) is 2. The Hall–Kier alpha value is -1.29. The lowest BCUT2D eigenvalue weighted by atomic mass is 10.1. The van der Waals surface area contributed by atoms with Crippen LogP contribution in [0.1, 0.15) is 25.5 Å². The van der Waals surface area contributed by atoms with Crippen molar-refractivity contribution in [3.63, 3.8) is 0 Å². The van der Waals surface area contributed by atoms with Gasteiger partial charge in [-0.05, 0) is 40.0 Å². The quantitative estimate of drug-likeness (QED) is 0.777. The maximum atomic E-state index is 13.7. The summed E-state index contributed by atoms with van der Waals surface area (Å²) in [4.78, 5) is 8.48. The van der Waals surface area contributed by atoms with Crippen molar-refractivity contribution in [2.24, 2.45) is 0 Å². The lowest BCUT2D eigenvalue weighted by Gasteiger charge is -2.08. The number of aromatic nitrogens is 2. The van der Waals surface area contributed by atoms with Crippen LogP contribution in [0.2, 0.25) is 0 Å². The summed E-state index contributed by atoms with van der Waals surface area (Å²) in [5.41, 5.74) is 2.00. The molecule has 0 unspecified atom stereocenters. The topological polar surface area (TPSA) is 25.8 Å². The Morgan fingerprint density at radius 3 is 2.53 bits per heavy atom. The predicted octanol–water partition coefficient (Wildman–Crippen LogP) is 4.17. The second kappa shape index (κ2) is 4.92. The van der Waals surface area contributed by atoms with E-state index in [-0.39, 0.29) is 11.7 Å². The summed E-state index contributed by atoms with van der Waals surface area (Å²) < 4.78 is 14.2. The van der Waals surface area contributed by atoms with Gasteiger partial charge in [0.05, 0.1) is 5.69 Å². The second-order valence-electron chi connectivity index (χ2n) is 4.08. The maximum absolute atomic E-state index is 13.7. The summed E-state index contributed by atoms with van der Waals surface area (Å²) in [6.07, 6.45) is 0. The Bertz CT molecular complexity index is 541. The first kappa shape index (κ1) is 12.2. The molecule has 0 aliphatic rings. The number of hydrogen-bond donors (Lipinski definition) is 0. The molecule has 2 nitrogen and oxygen atoms in total. The molecule has 2 rings (SSSR count). The third-order valence-corrected chi connectivity index (χ3v) is 2.81. The van der Waals surface area contributed by atoms with Gasteiger partial charge < -0.3 is 0 Å². The van der Waals surface area contributed by atoms with E-state index < -0.39 is 0 Å². The molecular weight excluding hydrogens is 283 g/mol. The fourth-order valence-electron chi connectivity index (χ4n) is 1.54. The minimum atomic E-state index is -0.271. The molecular formula is C13H12BrFN2. The minimum Gasteiger partial charge on any atom is -0.227 e. The summed E-state index contributed by atoms with van der Waals surface area (Å²) >= 11 is 3.26. The highest BCUT2D eigenvalue weighted by Crippen LogP contribution is 2.24. The van der Waals surface area contributed by atoms with Crippen molar-refractivity contribution in [1.82, 2.24) is 9.97 Å². The van der Waals surface area contributed by atoms with Crippen LogP contribution in [0.25, 0.3) is 11.3 Å². The monoisotopic (exact) mass is 294 g/mol. The molecule has 88 valence electrons. The molecule has 0 atom stereocenters. The van der Waals surface area contributed by atoms with Gasteiger partial charge in [-0.3, -0.25) is 0 Å². The molecule has 0 amide bonds. The summed E-state index contributed by atoms with van der Waals surface area (Å²) in [6.45, 7) is 4.08. The predicted molar refractivity (Wildman–Crippen MR) is 69.2 cm³/mol. The van der Waals surface area contributed by atoms with Crippen molar-refractivity contribution < 1.29 is 4.39 Å². The van der Waals surface area contributed by atoms with Crippen LogP contribution in [0.3, 0.4) is 0 Å². The molecule has 0 N–H and O–H groups in total. The Labute approximate surface area is 108 Å². The van der Waals surface area contributed by atoms with Gasteiger partial charge in [0.2, 0.25) is 0 Å². The molecule has 0 saturated carbocycles. The van der Waals surface area contributed by atoms with E-state index in [4.69, 9.17) is 0 Å². The van der Waals surface area contributed by atoms with Gasteiger partial charge in [0.25, 0.3) is 0 Å². The van der Waals surface area contributed by atoms with E-state index in [2.05, 4.69) is 25.9 Å². The van der Waals surface area contributed by atoms with Gasteiger partial charge in [-0.15, -0.1) is 0 Å².